The van der Waals surface area contributed by atoms with Gasteiger partial charge in [-0.05, 0) is 41.8 Å². The number of alkyl halides is 3. The van der Waals surface area contributed by atoms with Gasteiger partial charge in [-0.3, -0.25) is 0 Å². The van der Waals surface area contributed by atoms with Gasteiger partial charge in [0.15, 0.2) is 17.5 Å². The van der Waals surface area contributed by atoms with Gasteiger partial charge in [-0.2, -0.15) is 13.2 Å². The Morgan fingerprint density at radius 1 is 0.929 bits per heavy atom. The van der Waals surface area contributed by atoms with Gasteiger partial charge in [-0.25, -0.2) is 9.79 Å². The minimum atomic E-state index is -4.57. The number of aliphatic imine (C=N–C) groups is 1. The van der Waals surface area contributed by atoms with Gasteiger partial charge in [0, 0.05) is 5.70 Å². The summed E-state index contributed by atoms with van der Waals surface area (Å²) in [6.45, 7) is 1.58. The highest BCUT2D eigenvalue weighted by molar-refractivity contribution is 5.96. The predicted octanol–water partition coefficient (Wildman–Crippen LogP) is 5.88. The van der Waals surface area contributed by atoms with Gasteiger partial charge in [0.05, 0.1) is 58.7 Å². The summed E-state index contributed by atoms with van der Waals surface area (Å²) in [5, 5.41) is 3.29. The Labute approximate surface area is 242 Å². The second-order valence-corrected chi connectivity index (χ2v) is 9.39. The van der Waals surface area contributed by atoms with E-state index in [4.69, 9.17) is 23.9 Å². The van der Waals surface area contributed by atoms with E-state index in [1.807, 2.05) is 30.3 Å². The molecule has 1 heterocycles. The van der Waals surface area contributed by atoms with E-state index in [0.717, 1.165) is 11.6 Å². The summed E-state index contributed by atoms with van der Waals surface area (Å²) < 4.78 is 63.2. The number of esters is 1. The van der Waals surface area contributed by atoms with Crippen molar-refractivity contribution in [1.82, 2.24) is 10.2 Å². The highest BCUT2D eigenvalue weighted by atomic mass is 19.4. The molecule has 0 aromatic heterocycles. The lowest BCUT2D eigenvalue weighted by Gasteiger charge is -2.38. The van der Waals surface area contributed by atoms with E-state index in [-0.39, 0.29) is 30.2 Å². The van der Waals surface area contributed by atoms with Crippen LogP contribution in [0, 0.1) is 0 Å². The average Bonchev–Trinajstić information content (AvgIpc) is 3.00. The molecule has 1 aliphatic heterocycles. The second-order valence-electron chi connectivity index (χ2n) is 9.39. The molecule has 0 aliphatic carbocycles. The summed E-state index contributed by atoms with van der Waals surface area (Å²) in [5.41, 5.74) is 1.38. The molecule has 1 aliphatic rings. The Hall–Kier alpha value is -4.67. The first-order valence-electron chi connectivity index (χ1n) is 13.0. The van der Waals surface area contributed by atoms with Crippen molar-refractivity contribution in [3.8, 4) is 17.2 Å². The molecule has 0 radical (unpaired) electrons. The molecule has 4 rings (SSSR count). The highest BCUT2D eigenvalue weighted by Gasteiger charge is 2.38. The number of rotatable bonds is 9. The number of hydrogen-bond donors (Lipinski definition) is 1. The smallest absolute Gasteiger partial charge is 0.416 e. The van der Waals surface area contributed by atoms with Crippen molar-refractivity contribution in [2.75, 3.05) is 28.4 Å². The van der Waals surface area contributed by atoms with Crippen molar-refractivity contribution in [2.45, 2.75) is 32.2 Å². The molecule has 42 heavy (non-hydrogen) atoms. The van der Waals surface area contributed by atoms with Crippen molar-refractivity contribution in [3.05, 3.63) is 100 Å². The third kappa shape index (κ3) is 6.29. The number of ether oxygens (including phenoxy) is 4. The molecule has 1 atom stereocenters. The summed E-state index contributed by atoms with van der Waals surface area (Å²) in [7, 11) is 5.77. The molecule has 222 valence electrons. The minimum absolute atomic E-state index is 0.0222. The lowest BCUT2D eigenvalue weighted by Crippen LogP contribution is -2.48. The second kappa shape index (κ2) is 12.9. The first-order chi connectivity index (χ1) is 20.1. The summed E-state index contributed by atoms with van der Waals surface area (Å²) in [5.74, 6) is 0.964. The fourth-order valence-electron chi connectivity index (χ4n) is 4.89. The van der Waals surface area contributed by atoms with Crippen LogP contribution < -0.4 is 19.5 Å². The summed E-state index contributed by atoms with van der Waals surface area (Å²) in [6.07, 6.45) is -4.57. The first-order valence-corrected chi connectivity index (χ1v) is 13.0. The molecule has 0 saturated carbocycles. The standard InChI is InChI=1S/C31H32F3N3O5/c1-19-26(29(38)42-5)27(21-11-7-6-8-12-21)36-30(37(19)18-22-13-9-10-14-23(22)31(32,33)34)35-17-20-15-24(39-2)28(41-4)25(16-20)40-3/h6-16,27H,17-18H2,1-5H3,(H,35,36). The van der Waals surface area contributed by atoms with Crippen molar-refractivity contribution in [1.29, 1.82) is 0 Å². The van der Waals surface area contributed by atoms with E-state index in [9.17, 15) is 18.0 Å². The number of hydrogen-bond acceptors (Lipinski definition) is 6. The van der Waals surface area contributed by atoms with Gasteiger partial charge in [-0.15, -0.1) is 0 Å². The Bertz CT molecular complexity index is 1460. The maximum absolute atomic E-state index is 13.9. The maximum atomic E-state index is 13.9. The topological polar surface area (TPSA) is 81.6 Å². The van der Waals surface area contributed by atoms with Crippen LogP contribution in [0.5, 0.6) is 17.2 Å². The molecule has 0 spiro atoms. The van der Waals surface area contributed by atoms with Gasteiger partial charge >= 0.3 is 12.1 Å². The molecular weight excluding hydrogens is 551 g/mol. The zero-order valence-electron chi connectivity index (χ0n) is 23.9. The first kappa shape index (κ1) is 30.3. The van der Waals surface area contributed by atoms with Crippen LogP contribution in [0.4, 0.5) is 13.2 Å². The quantitative estimate of drug-likeness (QED) is 0.315. The number of benzene rings is 3. The molecule has 1 N–H and O–H groups in total. The predicted molar refractivity (Wildman–Crippen MR) is 151 cm³/mol. The molecule has 3 aromatic carbocycles. The number of methoxy groups -OCH3 is 4. The van der Waals surface area contributed by atoms with Gasteiger partial charge in [0.2, 0.25) is 5.75 Å². The number of guanidine groups is 1. The number of nitrogens with zero attached hydrogens (tertiary/aromatic N) is 2. The molecule has 1 unspecified atom stereocenters. The van der Waals surface area contributed by atoms with Crippen molar-refractivity contribution >= 4 is 11.9 Å². The van der Waals surface area contributed by atoms with Crippen molar-refractivity contribution in [2.24, 2.45) is 4.99 Å². The summed E-state index contributed by atoms with van der Waals surface area (Å²) >= 11 is 0. The Morgan fingerprint density at radius 2 is 1.55 bits per heavy atom. The van der Waals surface area contributed by atoms with Crippen molar-refractivity contribution in [3.63, 3.8) is 0 Å². The molecule has 8 nitrogen and oxygen atoms in total. The van der Waals surface area contributed by atoms with E-state index in [1.165, 1.54) is 40.6 Å². The van der Waals surface area contributed by atoms with Crippen LogP contribution in [0.15, 0.2) is 83.0 Å². The Morgan fingerprint density at radius 3 is 2.12 bits per heavy atom. The molecule has 0 bridgehead atoms. The van der Waals surface area contributed by atoms with E-state index in [0.29, 0.717) is 28.5 Å². The van der Waals surface area contributed by atoms with Crippen LogP contribution in [0.25, 0.3) is 0 Å². The van der Waals surface area contributed by atoms with E-state index < -0.39 is 23.8 Å². The van der Waals surface area contributed by atoms with Crippen LogP contribution in [0.3, 0.4) is 0 Å². The summed E-state index contributed by atoms with van der Waals surface area (Å²) in [6, 6.07) is 17.4. The highest BCUT2D eigenvalue weighted by Crippen LogP contribution is 2.39. The number of nitrogens with one attached hydrogen (secondary N) is 1. The van der Waals surface area contributed by atoms with Gasteiger partial charge in [0.25, 0.3) is 0 Å². The van der Waals surface area contributed by atoms with E-state index >= 15 is 0 Å². The minimum Gasteiger partial charge on any atom is -0.493 e. The third-order valence-corrected chi connectivity index (χ3v) is 6.94. The SMILES string of the molecule is COC(=O)C1=C(C)N(Cc2ccccc2C(F)(F)F)C(=NCc2cc(OC)c(OC)c(OC)c2)NC1c1ccccc1. The third-order valence-electron chi connectivity index (χ3n) is 6.94. The molecule has 11 heteroatoms. The monoisotopic (exact) mass is 583 g/mol. The molecule has 0 fully saturated rings. The Kier molecular flexibility index (Phi) is 9.29. The van der Waals surface area contributed by atoms with Crippen LogP contribution in [0.1, 0.15) is 35.2 Å². The number of halogens is 3. The largest absolute Gasteiger partial charge is 0.493 e. The molecular formula is C31H32F3N3O5. The molecule has 3 aromatic rings. The van der Waals surface area contributed by atoms with Crippen LogP contribution in [0.2, 0.25) is 0 Å². The Balaban J connectivity index is 1.86. The average molecular weight is 584 g/mol. The molecule has 0 amide bonds. The van der Waals surface area contributed by atoms with Crippen molar-refractivity contribution < 1.29 is 36.9 Å². The van der Waals surface area contributed by atoms with E-state index in [1.54, 1.807) is 30.0 Å². The van der Waals surface area contributed by atoms with Gasteiger partial charge in [-0.1, -0.05) is 48.5 Å². The fourth-order valence-corrected chi connectivity index (χ4v) is 4.89. The van der Waals surface area contributed by atoms with Crippen LogP contribution >= 0.6 is 0 Å². The maximum Gasteiger partial charge on any atom is 0.416 e. The lowest BCUT2D eigenvalue weighted by molar-refractivity contribution is -0.139. The summed E-state index contributed by atoms with van der Waals surface area (Å²) in [4.78, 5) is 19.4. The number of allylic oxidation sites excluding steroid dienone is 1. The lowest BCUT2D eigenvalue weighted by atomic mass is 9.94. The fraction of sp³-hybridized carbons (Fsp3) is 0.290. The normalized spacial score (nSPS) is 16.2. The number of carbonyl (C=O) groups excluding carboxylic acids is 1. The van der Waals surface area contributed by atoms with Gasteiger partial charge < -0.3 is 29.2 Å². The van der Waals surface area contributed by atoms with E-state index in [2.05, 4.69) is 5.32 Å². The zero-order valence-corrected chi connectivity index (χ0v) is 23.9. The van der Waals surface area contributed by atoms with Gasteiger partial charge in [0.1, 0.15) is 0 Å². The van der Waals surface area contributed by atoms with Crippen LogP contribution in [-0.2, 0) is 28.8 Å². The number of carbonyl (C=O) groups is 1. The zero-order chi connectivity index (χ0) is 30.4. The van der Waals surface area contributed by atoms with Crippen LogP contribution in [-0.4, -0.2) is 45.3 Å². The molecule has 0 saturated heterocycles.